The van der Waals surface area contributed by atoms with Gasteiger partial charge in [0.05, 0.1) is 14.2 Å². The van der Waals surface area contributed by atoms with E-state index in [0.29, 0.717) is 12.2 Å². The SMILES string of the molecule is CCCCC(NC(N)=O)C(=O)N1CCN(S(=O)(=O)c2cc(OC)ccc2OC)CC1. The molecule has 0 bridgehead atoms. The Morgan fingerprint density at radius 1 is 1.17 bits per heavy atom. The van der Waals surface area contributed by atoms with Crippen LogP contribution in [0.15, 0.2) is 23.1 Å². The van der Waals surface area contributed by atoms with E-state index in [2.05, 4.69) is 5.32 Å². The van der Waals surface area contributed by atoms with Crippen molar-refractivity contribution in [3.63, 3.8) is 0 Å². The molecule has 11 heteroatoms. The number of piperazine rings is 1. The van der Waals surface area contributed by atoms with Gasteiger partial charge in [0, 0.05) is 32.2 Å². The van der Waals surface area contributed by atoms with Gasteiger partial charge in [0.15, 0.2) is 0 Å². The van der Waals surface area contributed by atoms with Crippen molar-refractivity contribution in [1.82, 2.24) is 14.5 Å². The third-order valence-corrected chi connectivity index (χ3v) is 6.92. The molecule has 1 aromatic carbocycles. The lowest BCUT2D eigenvalue weighted by molar-refractivity contribution is -0.134. The van der Waals surface area contributed by atoms with Crippen molar-refractivity contribution < 1.29 is 27.5 Å². The Morgan fingerprint density at radius 3 is 2.37 bits per heavy atom. The molecule has 0 radical (unpaired) electrons. The van der Waals surface area contributed by atoms with Crippen LogP contribution in [0.1, 0.15) is 26.2 Å². The number of primary amides is 1. The number of carbonyl (C=O) groups is 2. The Balaban J connectivity index is 2.12. The van der Waals surface area contributed by atoms with Crippen LogP contribution in [0.2, 0.25) is 0 Å². The minimum atomic E-state index is -3.84. The second-order valence-electron chi connectivity index (χ2n) is 6.95. The lowest BCUT2D eigenvalue weighted by Crippen LogP contribution is -2.56. The quantitative estimate of drug-likeness (QED) is 0.581. The second-order valence-corrected chi connectivity index (χ2v) is 8.86. The number of methoxy groups -OCH3 is 2. The van der Waals surface area contributed by atoms with Crippen LogP contribution in [0.25, 0.3) is 0 Å². The minimum Gasteiger partial charge on any atom is -0.497 e. The number of nitrogens with zero attached hydrogens (tertiary/aromatic N) is 2. The molecule has 1 aliphatic rings. The van der Waals surface area contributed by atoms with Gasteiger partial charge in [0.1, 0.15) is 22.4 Å². The van der Waals surface area contributed by atoms with Crippen LogP contribution in [0, 0.1) is 0 Å². The highest BCUT2D eigenvalue weighted by Crippen LogP contribution is 2.31. The molecule has 10 nitrogen and oxygen atoms in total. The van der Waals surface area contributed by atoms with Gasteiger partial charge in [-0.2, -0.15) is 4.31 Å². The van der Waals surface area contributed by atoms with Gasteiger partial charge in [-0.1, -0.05) is 19.8 Å². The van der Waals surface area contributed by atoms with E-state index in [-0.39, 0.29) is 42.7 Å². The first-order valence-corrected chi connectivity index (χ1v) is 11.3. The molecule has 0 spiro atoms. The van der Waals surface area contributed by atoms with Crippen molar-refractivity contribution in [2.45, 2.75) is 37.1 Å². The van der Waals surface area contributed by atoms with Crippen molar-refractivity contribution in [2.75, 3.05) is 40.4 Å². The van der Waals surface area contributed by atoms with E-state index in [0.717, 1.165) is 12.8 Å². The summed E-state index contributed by atoms with van der Waals surface area (Å²) in [4.78, 5) is 25.6. The van der Waals surface area contributed by atoms with E-state index >= 15 is 0 Å². The number of nitrogens with one attached hydrogen (secondary N) is 1. The molecule has 168 valence electrons. The Morgan fingerprint density at radius 2 is 1.83 bits per heavy atom. The molecular weight excluding hydrogens is 412 g/mol. The number of nitrogens with two attached hydrogens (primary N) is 1. The van der Waals surface area contributed by atoms with Gasteiger partial charge in [-0.15, -0.1) is 0 Å². The van der Waals surface area contributed by atoms with Gasteiger partial charge in [-0.3, -0.25) is 4.79 Å². The van der Waals surface area contributed by atoms with Gasteiger partial charge in [-0.05, 0) is 18.6 Å². The molecule has 1 aliphatic heterocycles. The molecule has 1 saturated heterocycles. The van der Waals surface area contributed by atoms with Crippen molar-refractivity contribution >= 4 is 22.0 Å². The topological polar surface area (TPSA) is 131 Å². The summed E-state index contributed by atoms with van der Waals surface area (Å²) >= 11 is 0. The van der Waals surface area contributed by atoms with Gasteiger partial charge < -0.3 is 25.4 Å². The van der Waals surface area contributed by atoms with Crippen molar-refractivity contribution in [3.05, 3.63) is 18.2 Å². The molecule has 1 atom stereocenters. The second kappa shape index (κ2) is 10.5. The van der Waals surface area contributed by atoms with Crippen LogP contribution in [-0.2, 0) is 14.8 Å². The third kappa shape index (κ3) is 5.54. The number of sulfonamides is 1. The van der Waals surface area contributed by atoms with Crippen molar-refractivity contribution in [3.8, 4) is 11.5 Å². The predicted octanol–water partition coefficient (Wildman–Crippen LogP) is 0.764. The van der Waals surface area contributed by atoms with Crippen LogP contribution in [0.4, 0.5) is 4.79 Å². The molecule has 0 saturated carbocycles. The van der Waals surface area contributed by atoms with Crippen LogP contribution in [-0.4, -0.2) is 76.0 Å². The summed E-state index contributed by atoms with van der Waals surface area (Å²) in [6, 6.07) is 3.12. The summed E-state index contributed by atoms with van der Waals surface area (Å²) in [6.07, 6.45) is 2.12. The van der Waals surface area contributed by atoms with Crippen LogP contribution in [0.5, 0.6) is 11.5 Å². The molecule has 3 amide bonds. The molecule has 2 rings (SSSR count). The fourth-order valence-electron chi connectivity index (χ4n) is 3.33. The van der Waals surface area contributed by atoms with Crippen molar-refractivity contribution in [1.29, 1.82) is 0 Å². The first kappa shape index (κ1) is 23.7. The van der Waals surface area contributed by atoms with Crippen LogP contribution < -0.4 is 20.5 Å². The predicted molar refractivity (Wildman–Crippen MR) is 111 cm³/mol. The monoisotopic (exact) mass is 442 g/mol. The Bertz CT molecular complexity index is 853. The van der Waals surface area contributed by atoms with Gasteiger partial charge in [0.2, 0.25) is 15.9 Å². The van der Waals surface area contributed by atoms with Crippen LogP contribution in [0.3, 0.4) is 0 Å². The molecule has 3 N–H and O–H groups in total. The van der Waals surface area contributed by atoms with E-state index in [1.807, 2.05) is 6.92 Å². The van der Waals surface area contributed by atoms with E-state index in [4.69, 9.17) is 15.2 Å². The molecule has 0 aromatic heterocycles. The number of hydrogen-bond acceptors (Lipinski definition) is 6. The fourth-order valence-corrected chi connectivity index (χ4v) is 4.92. The lowest BCUT2D eigenvalue weighted by atomic mass is 10.1. The maximum Gasteiger partial charge on any atom is 0.312 e. The smallest absolute Gasteiger partial charge is 0.312 e. The molecule has 1 aromatic rings. The maximum atomic E-state index is 13.1. The standard InChI is InChI=1S/C19H30N4O6S/c1-4-5-6-15(21-19(20)25)18(24)22-9-11-23(12-10-22)30(26,27)17-13-14(28-2)7-8-16(17)29-3/h7-8,13,15H,4-6,9-12H2,1-3H3,(H3,20,21,25). The van der Waals surface area contributed by atoms with E-state index in [1.54, 1.807) is 17.0 Å². The zero-order valence-electron chi connectivity index (χ0n) is 17.6. The fraction of sp³-hybridized carbons (Fsp3) is 0.579. The Labute approximate surface area is 177 Å². The molecule has 0 aliphatic carbocycles. The normalized spacial score (nSPS) is 16.0. The van der Waals surface area contributed by atoms with Crippen LogP contribution >= 0.6 is 0 Å². The molecule has 30 heavy (non-hydrogen) atoms. The highest BCUT2D eigenvalue weighted by atomic mass is 32.2. The molecule has 1 fully saturated rings. The number of rotatable bonds is 9. The minimum absolute atomic E-state index is 0.0142. The number of hydrogen-bond donors (Lipinski definition) is 2. The number of unbranched alkanes of at least 4 members (excludes halogenated alkanes) is 1. The summed E-state index contributed by atoms with van der Waals surface area (Å²) in [5.41, 5.74) is 5.20. The highest BCUT2D eigenvalue weighted by molar-refractivity contribution is 7.89. The maximum absolute atomic E-state index is 13.1. The molecular formula is C19H30N4O6S. The zero-order chi connectivity index (χ0) is 22.3. The Hall–Kier alpha value is -2.53. The summed E-state index contributed by atoms with van der Waals surface area (Å²) in [5, 5.41) is 2.49. The number of ether oxygens (including phenoxy) is 2. The number of urea groups is 1. The van der Waals surface area contributed by atoms with Gasteiger partial charge >= 0.3 is 6.03 Å². The highest BCUT2D eigenvalue weighted by Gasteiger charge is 2.34. The first-order chi connectivity index (χ1) is 14.2. The van der Waals surface area contributed by atoms with Gasteiger partial charge in [0.25, 0.3) is 0 Å². The summed E-state index contributed by atoms with van der Waals surface area (Å²) in [5.74, 6) is 0.373. The molecule has 1 unspecified atom stereocenters. The van der Waals surface area contributed by atoms with E-state index in [9.17, 15) is 18.0 Å². The lowest BCUT2D eigenvalue weighted by Gasteiger charge is -2.36. The summed E-state index contributed by atoms with van der Waals surface area (Å²) in [6.45, 7) is 2.68. The summed E-state index contributed by atoms with van der Waals surface area (Å²) < 4.78 is 38.0. The number of carbonyl (C=O) groups excluding carboxylic acids is 2. The number of benzene rings is 1. The molecule has 1 heterocycles. The zero-order valence-corrected chi connectivity index (χ0v) is 18.4. The summed E-state index contributed by atoms with van der Waals surface area (Å²) in [7, 11) is -0.981. The first-order valence-electron chi connectivity index (χ1n) is 9.81. The number of amides is 3. The average Bonchev–Trinajstić information content (AvgIpc) is 2.75. The average molecular weight is 443 g/mol. The largest absolute Gasteiger partial charge is 0.497 e. The Kier molecular flexibility index (Phi) is 8.30. The third-order valence-electron chi connectivity index (χ3n) is 5.00. The van der Waals surface area contributed by atoms with Gasteiger partial charge in [-0.25, -0.2) is 13.2 Å². The van der Waals surface area contributed by atoms with Crippen molar-refractivity contribution in [2.24, 2.45) is 5.73 Å². The van der Waals surface area contributed by atoms with E-state index < -0.39 is 22.1 Å². The van der Waals surface area contributed by atoms with E-state index in [1.165, 1.54) is 24.6 Å².